The molecule has 2 N–H and O–H groups in total. The van der Waals surface area contributed by atoms with E-state index < -0.39 is 29.7 Å². The predicted molar refractivity (Wildman–Crippen MR) is 217 cm³/mol. The van der Waals surface area contributed by atoms with Gasteiger partial charge in [0, 0.05) is 23.9 Å². The van der Waals surface area contributed by atoms with Crippen LogP contribution in [0.2, 0.25) is 0 Å². The summed E-state index contributed by atoms with van der Waals surface area (Å²) >= 11 is 2.27. The summed E-state index contributed by atoms with van der Waals surface area (Å²) in [5, 5.41) is 4.91. The van der Waals surface area contributed by atoms with E-state index >= 15 is 0 Å². The van der Waals surface area contributed by atoms with Crippen molar-refractivity contribution in [2.45, 2.75) is 44.6 Å². The predicted octanol–water partition coefficient (Wildman–Crippen LogP) is 2.19. The number of piperidine rings is 1. The number of anilines is 1. The molecule has 2 aliphatic rings. The number of fused-ring (bicyclic) bond motifs is 1. The molecular formula is C39H60IN3O15. The fourth-order valence-corrected chi connectivity index (χ4v) is 5.95. The van der Waals surface area contributed by atoms with E-state index in [1.165, 1.54) is 6.07 Å². The SMILES string of the molecule is O=C1CCC(N2C(=O)c3cccc(NC(=O)CCCCCOCCOCCOCCOCCOCCOCCOCCOCCOCCOCCI)c3C2=O)C(=O)N1. The van der Waals surface area contributed by atoms with E-state index in [2.05, 4.69) is 33.2 Å². The topological polar surface area (TPSA) is 205 Å². The maximum atomic E-state index is 13.2. The molecule has 2 aliphatic heterocycles. The Morgan fingerprint density at radius 2 is 1.05 bits per heavy atom. The first-order valence-corrected chi connectivity index (χ1v) is 21.4. The van der Waals surface area contributed by atoms with Crippen molar-refractivity contribution in [2.75, 3.05) is 142 Å². The summed E-state index contributed by atoms with van der Waals surface area (Å²) in [5.74, 6) is -2.71. The minimum Gasteiger partial charge on any atom is -0.379 e. The summed E-state index contributed by atoms with van der Waals surface area (Å²) in [6.45, 7) is 10.2. The van der Waals surface area contributed by atoms with Crippen LogP contribution in [0.5, 0.6) is 0 Å². The molecule has 0 radical (unpaired) electrons. The maximum absolute atomic E-state index is 13.2. The van der Waals surface area contributed by atoms with Crippen molar-refractivity contribution in [3.63, 3.8) is 0 Å². The van der Waals surface area contributed by atoms with Crippen molar-refractivity contribution in [3.05, 3.63) is 29.3 Å². The largest absolute Gasteiger partial charge is 0.379 e. The number of hydrogen-bond acceptors (Lipinski definition) is 15. The van der Waals surface area contributed by atoms with Gasteiger partial charge in [-0.05, 0) is 31.4 Å². The Hall–Kier alpha value is -2.70. The third kappa shape index (κ3) is 20.5. The number of halogens is 1. The molecule has 1 aromatic rings. The Balaban J connectivity index is 1.02. The van der Waals surface area contributed by atoms with Crippen LogP contribution in [0.4, 0.5) is 5.69 Å². The molecule has 0 bridgehead atoms. The van der Waals surface area contributed by atoms with Crippen molar-refractivity contribution in [1.82, 2.24) is 10.2 Å². The van der Waals surface area contributed by atoms with Crippen LogP contribution in [-0.4, -0.2) is 177 Å². The molecule has 1 atom stereocenters. The second kappa shape index (κ2) is 32.1. The van der Waals surface area contributed by atoms with Gasteiger partial charge in [0.2, 0.25) is 17.7 Å². The van der Waals surface area contributed by atoms with Gasteiger partial charge in [0.15, 0.2) is 0 Å². The average Bonchev–Trinajstić information content (AvgIpc) is 3.47. The number of nitrogens with one attached hydrogen (secondary N) is 2. The van der Waals surface area contributed by atoms with Gasteiger partial charge in [-0.25, -0.2) is 0 Å². The average molecular weight is 938 g/mol. The lowest BCUT2D eigenvalue weighted by Gasteiger charge is -2.27. The normalized spacial score (nSPS) is 15.3. The van der Waals surface area contributed by atoms with Gasteiger partial charge in [-0.1, -0.05) is 35.1 Å². The van der Waals surface area contributed by atoms with Crippen LogP contribution in [0.1, 0.15) is 59.2 Å². The summed E-state index contributed by atoms with van der Waals surface area (Å²) in [6.07, 6.45) is 2.46. The maximum Gasteiger partial charge on any atom is 0.264 e. The van der Waals surface area contributed by atoms with E-state index in [0.29, 0.717) is 132 Å². The molecule has 3 rings (SSSR count). The lowest BCUT2D eigenvalue weighted by Crippen LogP contribution is -2.54. The summed E-state index contributed by atoms with van der Waals surface area (Å²) in [7, 11) is 0. The van der Waals surface area contributed by atoms with E-state index in [4.69, 9.17) is 47.4 Å². The number of carbonyl (C=O) groups is 5. The second-order valence-electron chi connectivity index (χ2n) is 12.8. The van der Waals surface area contributed by atoms with Crippen LogP contribution in [-0.2, 0) is 61.8 Å². The van der Waals surface area contributed by atoms with Crippen LogP contribution < -0.4 is 10.6 Å². The Morgan fingerprint density at radius 3 is 1.50 bits per heavy atom. The lowest BCUT2D eigenvalue weighted by molar-refractivity contribution is -0.136. The third-order valence-corrected chi connectivity index (χ3v) is 8.94. The van der Waals surface area contributed by atoms with Crippen molar-refractivity contribution >= 4 is 57.8 Å². The lowest BCUT2D eigenvalue weighted by atomic mass is 10.0. The molecule has 5 amide bonds. The zero-order chi connectivity index (χ0) is 41.5. The molecule has 0 saturated carbocycles. The number of unbranched alkanes of at least 4 members (excludes halogenated alkanes) is 2. The number of alkyl halides is 1. The van der Waals surface area contributed by atoms with Gasteiger partial charge in [-0.15, -0.1) is 0 Å². The van der Waals surface area contributed by atoms with Crippen LogP contribution in [0, 0.1) is 0 Å². The van der Waals surface area contributed by atoms with E-state index in [0.717, 1.165) is 28.8 Å². The zero-order valence-corrected chi connectivity index (χ0v) is 35.5. The molecule has 0 aliphatic carbocycles. The molecule has 58 heavy (non-hydrogen) atoms. The van der Waals surface area contributed by atoms with Gasteiger partial charge in [0.25, 0.3) is 11.8 Å². The number of nitrogens with zero attached hydrogens (tertiary/aromatic N) is 1. The number of amides is 5. The molecule has 1 saturated heterocycles. The smallest absolute Gasteiger partial charge is 0.264 e. The Kier molecular flexibility index (Phi) is 27.5. The van der Waals surface area contributed by atoms with E-state index in [1.54, 1.807) is 12.1 Å². The monoisotopic (exact) mass is 937 g/mol. The van der Waals surface area contributed by atoms with Crippen LogP contribution in [0.15, 0.2) is 18.2 Å². The Bertz CT molecular complexity index is 1360. The van der Waals surface area contributed by atoms with E-state index in [9.17, 15) is 24.0 Å². The van der Waals surface area contributed by atoms with Gasteiger partial charge in [-0.2, -0.15) is 0 Å². The van der Waals surface area contributed by atoms with Crippen molar-refractivity contribution in [3.8, 4) is 0 Å². The van der Waals surface area contributed by atoms with Gasteiger partial charge >= 0.3 is 0 Å². The van der Waals surface area contributed by atoms with Crippen molar-refractivity contribution in [1.29, 1.82) is 0 Å². The molecule has 19 heteroatoms. The quantitative estimate of drug-likeness (QED) is 0.0425. The molecule has 1 aromatic carbocycles. The van der Waals surface area contributed by atoms with E-state index in [1.807, 2.05) is 0 Å². The highest BCUT2D eigenvalue weighted by molar-refractivity contribution is 14.1. The summed E-state index contributed by atoms with van der Waals surface area (Å²) in [6, 6.07) is 3.53. The standard InChI is InChI=1S/C39H60IN3O15/c40-10-12-50-14-16-52-18-20-54-22-24-56-26-28-58-30-29-57-27-25-55-23-21-53-19-17-51-15-13-49-11-3-1-2-7-34(44)41-32-6-4-5-31-36(32)39(48)43(38(31)47)33-8-9-35(45)42-37(33)46/h4-6,33H,1-3,7-30H2,(H,41,44)(H,42,45,46). The van der Waals surface area contributed by atoms with Crippen molar-refractivity contribution in [2.24, 2.45) is 0 Å². The molecule has 18 nitrogen and oxygen atoms in total. The van der Waals surface area contributed by atoms with Crippen LogP contribution >= 0.6 is 22.6 Å². The highest BCUT2D eigenvalue weighted by Gasteiger charge is 2.45. The first kappa shape index (κ1) is 49.7. The summed E-state index contributed by atoms with van der Waals surface area (Å²) in [5.41, 5.74) is 0.384. The minimum absolute atomic E-state index is 0.0287. The van der Waals surface area contributed by atoms with Crippen LogP contribution in [0.25, 0.3) is 0 Å². The Labute approximate surface area is 354 Å². The molecule has 2 heterocycles. The summed E-state index contributed by atoms with van der Waals surface area (Å²) < 4.78 is 55.7. The highest BCUT2D eigenvalue weighted by atomic mass is 127. The summed E-state index contributed by atoms with van der Waals surface area (Å²) in [4.78, 5) is 63.5. The molecule has 1 fully saturated rings. The fourth-order valence-electron chi connectivity index (χ4n) is 5.63. The molecule has 0 spiro atoms. The van der Waals surface area contributed by atoms with Crippen molar-refractivity contribution < 1.29 is 71.3 Å². The fraction of sp³-hybridized carbons (Fsp3) is 0.718. The Morgan fingerprint density at radius 1 is 0.603 bits per heavy atom. The van der Waals surface area contributed by atoms with Gasteiger partial charge in [0.05, 0.1) is 142 Å². The highest BCUT2D eigenvalue weighted by Crippen LogP contribution is 2.32. The van der Waals surface area contributed by atoms with Crippen LogP contribution in [0.3, 0.4) is 0 Å². The number of benzene rings is 1. The molecule has 0 aromatic heterocycles. The number of ether oxygens (including phenoxy) is 10. The van der Waals surface area contributed by atoms with Gasteiger partial charge < -0.3 is 52.7 Å². The minimum atomic E-state index is -1.07. The van der Waals surface area contributed by atoms with Gasteiger partial charge in [-0.3, -0.25) is 34.2 Å². The molecule has 1 unspecified atom stereocenters. The number of rotatable bonds is 37. The first-order chi connectivity index (χ1) is 28.4. The number of imide groups is 2. The van der Waals surface area contributed by atoms with E-state index in [-0.39, 0.29) is 42.0 Å². The van der Waals surface area contributed by atoms with Gasteiger partial charge in [0.1, 0.15) is 6.04 Å². The zero-order valence-electron chi connectivity index (χ0n) is 33.4. The third-order valence-electron chi connectivity index (χ3n) is 8.50. The molecule has 328 valence electrons. The number of hydrogen-bond donors (Lipinski definition) is 2. The number of carbonyl (C=O) groups excluding carboxylic acids is 5. The second-order valence-corrected chi connectivity index (χ2v) is 13.9. The molecular weight excluding hydrogens is 877 g/mol. The first-order valence-electron chi connectivity index (χ1n) is 19.9.